The number of benzene rings is 3. The van der Waals surface area contributed by atoms with Gasteiger partial charge in [0.1, 0.15) is 11.4 Å². The fourth-order valence-electron chi connectivity index (χ4n) is 2.09. The summed E-state index contributed by atoms with van der Waals surface area (Å²) in [7, 11) is 0. The van der Waals surface area contributed by atoms with Crippen LogP contribution < -0.4 is 0 Å². The largest absolute Gasteiger partial charge is 0.506 e. The standard InChI is InChI=1S/C17H11N3O/c18-11-12-4-3-6-14(10-12)19-20-17-15-7-2-1-5-13(15)8-9-16(17)21/h1-10,21H. The third-order valence-electron chi connectivity index (χ3n) is 3.12. The maximum Gasteiger partial charge on any atom is 0.143 e. The Balaban J connectivity index is 2.07. The lowest BCUT2D eigenvalue weighted by molar-refractivity contribution is 0.477. The highest BCUT2D eigenvalue weighted by Gasteiger charge is 2.05. The lowest BCUT2D eigenvalue weighted by Gasteiger charge is -2.03. The van der Waals surface area contributed by atoms with Crippen LogP contribution in [0, 0.1) is 11.3 Å². The van der Waals surface area contributed by atoms with Crippen molar-refractivity contribution < 1.29 is 5.11 Å². The first kappa shape index (κ1) is 12.8. The second-order valence-electron chi connectivity index (χ2n) is 4.52. The van der Waals surface area contributed by atoms with Crippen LogP contribution in [0.3, 0.4) is 0 Å². The molecule has 3 aromatic rings. The third-order valence-corrected chi connectivity index (χ3v) is 3.12. The van der Waals surface area contributed by atoms with E-state index >= 15 is 0 Å². The number of nitrogens with zero attached hydrogens (tertiary/aromatic N) is 3. The van der Waals surface area contributed by atoms with E-state index in [1.165, 1.54) is 0 Å². The number of aromatic hydroxyl groups is 1. The smallest absolute Gasteiger partial charge is 0.143 e. The van der Waals surface area contributed by atoms with Crippen LogP contribution in [0.5, 0.6) is 5.75 Å². The fraction of sp³-hybridized carbons (Fsp3) is 0. The summed E-state index contributed by atoms with van der Waals surface area (Å²) >= 11 is 0. The van der Waals surface area contributed by atoms with E-state index in [0.29, 0.717) is 16.9 Å². The quantitative estimate of drug-likeness (QED) is 0.679. The molecule has 4 heteroatoms. The maximum atomic E-state index is 9.98. The van der Waals surface area contributed by atoms with Crippen LogP contribution >= 0.6 is 0 Å². The normalized spacial score (nSPS) is 10.8. The van der Waals surface area contributed by atoms with E-state index < -0.39 is 0 Å². The molecule has 0 saturated carbocycles. The molecule has 0 fully saturated rings. The lowest BCUT2D eigenvalue weighted by atomic mass is 10.1. The summed E-state index contributed by atoms with van der Waals surface area (Å²) in [4.78, 5) is 0. The molecule has 4 nitrogen and oxygen atoms in total. The summed E-state index contributed by atoms with van der Waals surface area (Å²) in [6.45, 7) is 0. The minimum atomic E-state index is 0.0777. The van der Waals surface area contributed by atoms with Crippen molar-refractivity contribution in [1.29, 1.82) is 5.26 Å². The molecule has 0 amide bonds. The van der Waals surface area contributed by atoms with Crippen molar-refractivity contribution >= 4 is 22.1 Å². The predicted molar refractivity (Wildman–Crippen MR) is 80.9 cm³/mol. The molecular formula is C17H11N3O. The average molecular weight is 273 g/mol. The number of hydrogen-bond acceptors (Lipinski definition) is 4. The zero-order chi connectivity index (χ0) is 14.7. The van der Waals surface area contributed by atoms with E-state index in [1.54, 1.807) is 30.3 Å². The molecule has 0 aliphatic heterocycles. The third kappa shape index (κ3) is 2.58. The highest BCUT2D eigenvalue weighted by Crippen LogP contribution is 2.35. The Bertz CT molecular complexity index is 879. The van der Waals surface area contributed by atoms with Gasteiger partial charge in [-0.2, -0.15) is 10.4 Å². The predicted octanol–water partition coefficient (Wildman–Crippen LogP) is 4.83. The second kappa shape index (κ2) is 5.43. The van der Waals surface area contributed by atoms with Crippen LogP contribution in [-0.2, 0) is 0 Å². The molecule has 0 aromatic heterocycles. The maximum absolute atomic E-state index is 9.98. The summed E-state index contributed by atoms with van der Waals surface area (Å²) in [6.07, 6.45) is 0. The number of fused-ring (bicyclic) bond motifs is 1. The molecular weight excluding hydrogens is 262 g/mol. The summed E-state index contributed by atoms with van der Waals surface area (Å²) in [5.74, 6) is 0.0777. The molecule has 0 atom stereocenters. The van der Waals surface area contributed by atoms with Gasteiger partial charge in [0.25, 0.3) is 0 Å². The average Bonchev–Trinajstić information content (AvgIpc) is 2.54. The van der Waals surface area contributed by atoms with Crippen LogP contribution in [0.1, 0.15) is 5.56 Å². The van der Waals surface area contributed by atoms with Gasteiger partial charge in [0.15, 0.2) is 0 Å². The van der Waals surface area contributed by atoms with Crippen molar-refractivity contribution in [3.05, 3.63) is 66.2 Å². The molecule has 0 heterocycles. The number of rotatable bonds is 2. The number of nitriles is 1. The molecule has 1 N–H and O–H groups in total. The molecule has 21 heavy (non-hydrogen) atoms. The topological polar surface area (TPSA) is 68.7 Å². The lowest BCUT2D eigenvalue weighted by Crippen LogP contribution is -1.75. The summed E-state index contributed by atoms with van der Waals surface area (Å²) in [5, 5.41) is 28.9. The van der Waals surface area contributed by atoms with Gasteiger partial charge in [-0.1, -0.05) is 36.4 Å². The SMILES string of the molecule is N#Cc1cccc(N=Nc2c(O)ccc3ccccc23)c1. The highest BCUT2D eigenvalue weighted by atomic mass is 16.3. The van der Waals surface area contributed by atoms with Gasteiger partial charge in [-0.05, 0) is 29.7 Å². The van der Waals surface area contributed by atoms with E-state index in [0.717, 1.165) is 10.8 Å². The molecule has 0 aliphatic rings. The van der Waals surface area contributed by atoms with Crippen LogP contribution in [0.15, 0.2) is 70.9 Å². The molecule has 0 bridgehead atoms. The zero-order valence-electron chi connectivity index (χ0n) is 11.1. The van der Waals surface area contributed by atoms with E-state index in [1.807, 2.05) is 30.3 Å². The first-order valence-electron chi connectivity index (χ1n) is 6.40. The molecule has 0 aliphatic carbocycles. The van der Waals surface area contributed by atoms with E-state index in [9.17, 15) is 5.11 Å². The van der Waals surface area contributed by atoms with Crippen LogP contribution in [-0.4, -0.2) is 5.11 Å². The minimum Gasteiger partial charge on any atom is -0.506 e. The van der Waals surface area contributed by atoms with Gasteiger partial charge >= 0.3 is 0 Å². The van der Waals surface area contributed by atoms with Crippen molar-refractivity contribution in [3.63, 3.8) is 0 Å². The Kier molecular flexibility index (Phi) is 3.32. The Labute approximate surface area is 121 Å². The molecule has 0 radical (unpaired) electrons. The Morgan fingerprint density at radius 3 is 2.62 bits per heavy atom. The van der Waals surface area contributed by atoms with Crippen LogP contribution in [0.25, 0.3) is 10.8 Å². The number of hydrogen-bond donors (Lipinski definition) is 1. The molecule has 0 spiro atoms. The van der Waals surface area contributed by atoms with Crippen molar-refractivity contribution in [2.24, 2.45) is 10.2 Å². The summed E-state index contributed by atoms with van der Waals surface area (Å²) in [6, 6.07) is 20.0. The fourth-order valence-corrected chi connectivity index (χ4v) is 2.09. The summed E-state index contributed by atoms with van der Waals surface area (Å²) in [5.41, 5.74) is 1.52. The van der Waals surface area contributed by atoms with Gasteiger partial charge in [-0.3, -0.25) is 0 Å². The Hall–Kier alpha value is -3.19. The van der Waals surface area contributed by atoms with Crippen LogP contribution in [0.4, 0.5) is 11.4 Å². The van der Waals surface area contributed by atoms with Gasteiger partial charge < -0.3 is 5.11 Å². The second-order valence-corrected chi connectivity index (χ2v) is 4.52. The first-order valence-corrected chi connectivity index (χ1v) is 6.40. The van der Waals surface area contributed by atoms with Gasteiger partial charge in [0, 0.05) is 5.39 Å². The number of azo groups is 1. The Morgan fingerprint density at radius 1 is 0.905 bits per heavy atom. The van der Waals surface area contributed by atoms with E-state index in [4.69, 9.17) is 5.26 Å². The van der Waals surface area contributed by atoms with Gasteiger partial charge in [0.2, 0.25) is 0 Å². The van der Waals surface area contributed by atoms with Crippen molar-refractivity contribution in [2.45, 2.75) is 0 Å². The van der Waals surface area contributed by atoms with Crippen molar-refractivity contribution in [3.8, 4) is 11.8 Å². The molecule has 3 aromatic carbocycles. The minimum absolute atomic E-state index is 0.0777. The van der Waals surface area contributed by atoms with Gasteiger partial charge in [-0.25, -0.2) is 0 Å². The Morgan fingerprint density at radius 2 is 1.76 bits per heavy atom. The molecule has 3 rings (SSSR count). The molecule has 0 saturated heterocycles. The zero-order valence-corrected chi connectivity index (χ0v) is 11.1. The molecule has 0 unspecified atom stereocenters. The van der Waals surface area contributed by atoms with Gasteiger partial charge in [-0.15, -0.1) is 5.11 Å². The van der Waals surface area contributed by atoms with Crippen molar-refractivity contribution in [2.75, 3.05) is 0 Å². The number of phenolic OH excluding ortho intramolecular Hbond substituents is 1. The van der Waals surface area contributed by atoms with E-state index in [-0.39, 0.29) is 5.75 Å². The number of phenols is 1. The van der Waals surface area contributed by atoms with E-state index in [2.05, 4.69) is 16.3 Å². The first-order chi connectivity index (χ1) is 10.3. The van der Waals surface area contributed by atoms with Crippen molar-refractivity contribution in [1.82, 2.24) is 0 Å². The molecule has 100 valence electrons. The van der Waals surface area contributed by atoms with Gasteiger partial charge in [0.05, 0.1) is 17.3 Å². The van der Waals surface area contributed by atoms with Crippen LogP contribution in [0.2, 0.25) is 0 Å². The highest BCUT2D eigenvalue weighted by molar-refractivity contribution is 5.95. The monoisotopic (exact) mass is 273 g/mol. The summed E-state index contributed by atoms with van der Waals surface area (Å²) < 4.78 is 0.